The first kappa shape index (κ1) is 13.9. The van der Waals surface area contributed by atoms with Gasteiger partial charge in [-0.1, -0.05) is 5.16 Å². The summed E-state index contributed by atoms with van der Waals surface area (Å²) in [6.45, 7) is 2.00. The van der Waals surface area contributed by atoms with Crippen molar-refractivity contribution in [2.24, 2.45) is 0 Å². The van der Waals surface area contributed by atoms with E-state index < -0.39 is 5.97 Å². The number of rotatable bonds is 5. The van der Waals surface area contributed by atoms with Crippen molar-refractivity contribution in [2.75, 3.05) is 20.8 Å². The molecule has 0 fully saturated rings. The number of ether oxygens (including phenoxy) is 3. The minimum atomic E-state index is -0.548. The molecule has 1 aromatic heterocycles. The van der Waals surface area contributed by atoms with Crippen molar-refractivity contribution in [2.45, 2.75) is 6.92 Å². The van der Waals surface area contributed by atoms with Crippen molar-refractivity contribution in [3.8, 4) is 22.8 Å². The Morgan fingerprint density at radius 3 is 2.70 bits per heavy atom. The maximum atomic E-state index is 11.6. The summed E-state index contributed by atoms with van der Waals surface area (Å²) in [4.78, 5) is 11.6. The van der Waals surface area contributed by atoms with Crippen molar-refractivity contribution < 1.29 is 23.5 Å². The van der Waals surface area contributed by atoms with E-state index in [-0.39, 0.29) is 12.4 Å². The first-order valence-corrected chi connectivity index (χ1v) is 6.05. The van der Waals surface area contributed by atoms with Crippen LogP contribution in [0.5, 0.6) is 11.5 Å². The Labute approximate surface area is 116 Å². The van der Waals surface area contributed by atoms with Gasteiger partial charge in [-0.2, -0.15) is 0 Å². The summed E-state index contributed by atoms with van der Waals surface area (Å²) < 4.78 is 20.3. The molecule has 0 bridgehead atoms. The summed E-state index contributed by atoms with van der Waals surface area (Å²) >= 11 is 0. The monoisotopic (exact) mass is 277 g/mol. The Kier molecular flexibility index (Phi) is 4.24. The average Bonchev–Trinajstić information content (AvgIpc) is 2.96. The quantitative estimate of drug-likeness (QED) is 0.782. The number of benzene rings is 1. The third-order valence-electron chi connectivity index (χ3n) is 2.67. The second kappa shape index (κ2) is 6.10. The zero-order valence-electron chi connectivity index (χ0n) is 11.5. The SMILES string of the molecule is CCOC(=O)c1cc(-c2cc(OC)ccc2OC)no1. The van der Waals surface area contributed by atoms with Crippen LogP contribution in [0.3, 0.4) is 0 Å². The van der Waals surface area contributed by atoms with Crippen LogP contribution < -0.4 is 9.47 Å². The molecule has 6 heteroatoms. The molecule has 20 heavy (non-hydrogen) atoms. The molecule has 1 aromatic carbocycles. The molecule has 0 spiro atoms. The van der Waals surface area contributed by atoms with Gasteiger partial charge in [0, 0.05) is 11.6 Å². The number of carbonyl (C=O) groups excluding carboxylic acids is 1. The summed E-state index contributed by atoms with van der Waals surface area (Å²) in [5.41, 5.74) is 1.15. The van der Waals surface area contributed by atoms with E-state index in [9.17, 15) is 4.79 Å². The Balaban J connectivity index is 2.38. The molecule has 0 amide bonds. The Morgan fingerprint density at radius 2 is 2.05 bits per heavy atom. The van der Waals surface area contributed by atoms with Crippen LogP contribution in [0.2, 0.25) is 0 Å². The molecule has 6 nitrogen and oxygen atoms in total. The van der Waals surface area contributed by atoms with Crippen molar-refractivity contribution in [3.63, 3.8) is 0 Å². The van der Waals surface area contributed by atoms with Crippen molar-refractivity contribution >= 4 is 5.97 Å². The van der Waals surface area contributed by atoms with Gasteiger partial charge < -0.3 is 18.7 Å². The summed E-state index contributed by atoms with van der Waals surface area (Å²) in [6, 6.07) is 6.79. The zero-order chi connectivity index (χ0) is 14.5. The molecule has 0 aliphatic heterocycles. The highest BCUT2D eigenvalue weighted by Gasteiger charge is 2.17. The smallest absolute Gasteiger partial charge is 0.377 e. The fourth-order valence-electron chi connectivity index (χ4n) is 1.71. The first-order valence-electron chi connectivity index (χ1n) is 6.05. The molecule has 2 aromatic rings. The van der Waals surface area contributed by atoms with Gasteiger partial charge in [0.1, 0.15) is 17.2 Å². The van der Waals surface area contributed by atoms with Gasteiger partial charge in [0.2, 0.25) is 5.76 Å². The van der Waals surface area contributed by atoms with Crippen LogP contribution in [0.15, 0.2) is 28.8 Å². The normalized spacial score (nSPS) is 10.2. The number of hydrogen-bond donors (Lipinski definition) is 0. The molecule has 106 valence electrons. The van der Waals surface area contributed by atoms with E-state index in [0.29, 0.717) is 22.8 Å². The summed E-state index contributed by atoms with van der Waals surface area (Å²) in [5, 5.41) is 3.86. The molecule has 0 saturated carbocycles. The molecule has 2 rings (SSSR count). The topological polar surface area (TPSA) is 70.8 Å². The standard InChI is InChI=1S/C14H15NO5/c1-4-19-14(16)13-8-11(15-20-13)10-7-9(17-2)5-6-12(10)18-3/h5-8H,4H2,1-3H3. The summed E-state index contributed by atoms with van der Waals surface area (Å²) in [6.07, 6.45) is 0. The Bertz CT molecular complexity index is 605. The number of carbonyl (C=O) groups is 1. The lowest BCUT2D eigenvalue weighted by Gasteiger charge is -2.07. The van der Waals surface area contributed by atoms with E-state index >= 15 is 0 Å². The highest BCUT2D eigenvalue weighted by atomic mass is 16.6. The molecule has 0 unspecified atom stereocenters. The number of aromatic nitrogens is 1. The maximum absolute atomic E-state index is 11.6. The van der Waals surface area contributed by atoms with E-state index in [1.807, 2.05) is 0 Å². The highest BCUT2D eigenvalue weighted by Crippen LogP contribution is 2.33. The van der Waals surface area contributed by atoms with Gasteiger partial charge in [0.15, 0.2) is 0 Å². The average molecular weight is 277 g/mol. The van der Waals surface area contributed by atoms with Crippen LogP contribution in [0.25, 0.3) is 11.3 Å². The van der Waals surface area contributed by atoms with Crippen LogP contribution in [-0.2, 0) is 4.74 Å². The third kappa shape index (κ3) is 2.74. The molecule has 1 heterocycles. The molecule has 0 atom stereocenters. The first-order chi connectivity index (χ1) is 9.69. The Hall–Kier alpha value is -2.50. The van der Waals surface area contributed by atoms with Gasteiger partial charge in [0.05, 0.1) is 20.8 Å². The van der Waals surface area contributed by atoms with Gasteiger partial charge in [-0.25, -0.2) is 4.79 Å². The number of esters is 1. The van der Waals surface area contributed by atoms with Gasteiger partial charge in [0.25, 0.3) is 0 Å². The Morgan fingerprint density at radius 1 is 1.25 bits per heavy atom. The second-order valence-corrected chi connectivity index (χ2v) is 3.86. The van der Waals surface area contributed by atoms with Crippen LogP contribution >= 0.6 is 0 Å². The highest BCUT2D eigenvalue weighted by molar-refractivity contribution is 5.88. The minimum absolute atomic E-state index is 0.0479. The van der Waals surface area contributed by atoms with Crippen LogP contribution in [0.1, 0.15) is 17.5 Å². The van der Waals surface area contributed by atoms with E-state index in [1.54, 1.807) is 39.3 Å². The lowest BCUT2D eigenvalue weighted by Crippen LogP contribution is -2.02. The van der Waals surface area contributed by atoms with Gasteiger partial charge in [-0.15, -0.1) is 0 Å². The fourth-order valence-corrected chi connectivity index (χ4v) is 1.71. The van der Waals surface area contributed by atoms with Crippen molar-refractivity contribution in [1.82, 2.24) is 5.16 Å². The lowest BCUT2D eigenvalue weighted by molar-refractivity contribution is 0.0480. The molecule has 0 N–H and O–H groups in total. The molecule has 0 aliphatic rings. The van der Waals surface area contributed by atoms with Gasteiger partial charge >= 0.3 is 5.97 Å². The number of nitrogens with zero attached hydrogens (tertiary/aromatic N) is 1. The molecule has 0 aliphatic carbocycles. The molecule has 0 saturated heterocycles. The van der Waals surface area contributed by atoms with E-state index in [2.05, 4.69) is 5.16 Å². The predicted octanol–water partition coefficient (Wildman–Crippen LogP) is 2.54. The van der Waals surface area contributed by atoms with Crippen LogP contribution in [-0.4, -0.2) is 32.0 Å². The minimum Gasteiger partial charge on any atom is -0.497 e. The molecule has 0 radical (unpaired) electrons. The van der Waals surface area contributed by atoms with E-state index in [4.69, 9.17) is 18.7 Å². The van der Waals surface area contributed by atoms with Crippen molar-refractivity contribution in [3.05, 3.63) is 30.0 Å². The van der Waals surface area contributed by atoms with Gasteiger partial charge in [-0.3, -0.25) is 0 Å². The van der Waals surface area contributed by atoms with Crippen LogP contribution in [0, 0.1) is 0 Å². The largest absolute Gasteiger partial charge is 0.497 e. The summed E-state index contributed by atoms with van der Waals surface area (Å²) in [7, 11) is 3.12. The van der Waals surface area contributed by atoms with Crippen molar-refractivity contribution in [1.29, 1.82) is 0 Å². The van der Waals surface area contributed by atoms with E-state index in [1.165, 1.54) is 6.07 Å². The van der Waals surface area contributed by atoms with E-state index in [0.717, 1.165) is 0 Å². The molecular formula is C14H15NO5. The fraction of sp³-hybridized carbons (Fsp3) is 0.286. The predicted molar refractivity (Wildman–Crippen MR) is 71.0 cm³/mol. The third-order valence-corrected chi connectivity index (χ3v) is 2.67. The lowest BCUT2D eigenvalue weighted by atomic mass is 10.1. The molecular weight excluding hydrogens is 262 g/mol. The zero-order valence-corrected chi connectivity index (χ0v) is 11.5. The maximum Gasteiger partial charge on any atom is 0.377 e. The second-order valence-electron chi connectivity index (χ2n) is 3.86. The number of hydrogen-bond acceptors (Lipinski definition) is 6. The summed E-state index contributed by atoms with van der Waals surface area (Å²) in [5.74, 6) is 0.760. The van der Waals surface area contributed by atoms with Crippen LogP contribution in [0.4, 0.5) is 0 Å². The van der Waals surface area contributed by atoms with Gasteiger partial charge in [-0.05, 0) is 25.1 Å². The number of methoxy groups -OCH3 is 2.